The number of nitrogens with one attached hydrogen (secondary N) is 2. The summed E-state index contributed by atoms with van der Waals surface area (Å²) < 4.78 is 28.4. The molecule has 0 radical (unpaired) electrons. The molecule has 1 aromatic carbocycles. The Morgan fingerprint density at radius 3 is 2.58 bits per heavy atom. The molecule has 8 heteroatoms. The van der Waals surface area contributed by atoms with Crippen molar-refractivity contribution in [3.05, 3.63) is 48.5 Å². The van der Waals surface area contributed by atoms with E-state index in [-0.39, 0.29) is 23.4 Å². The molecule has 0 spiro atoms. The van der Waals surface area contributed by atoms with Crippen LogP contribution in [0.15, 0.2) is 47.9 Å². The van der Waals surface area contributed by atoms with Crippen molar-refractivity contribution in [3.63, 3.8) is 0 Å². The Balaban J connectivity index is 1.73. The molecule has 1 amide bonds. The standard InChI is InChI=1S/C16H22N4O3S/c1-13-4-6-15(7-5-13)24(22,23)19-9-3-8-18-16(21)14(2)20-11-10-17-12-20/h4-7,10-12,14,19H,3,8-9H2,1-2H3,(H,18,21). The molecular formula is C16H22N4O3S. The molecule has 0 saturated carbocycles. The zero-order valence-electron chi connectivity index (χ0n) is 13.8. The second kappa shape index (κ2) is 8.07. The molecule has 1 unspecified atom stereocenters. The van der Waals surface area contributed by atoms with Crippen molar-refractivity contribution in [2.75, 3.05) is 13.1 Å². The van der Waals surface area contributed by atoms with Crippen LogP contribution in [0.1, 0.15) is 24.9 Å². The maximum atomic E-state index is 12.1. The number of rotatable bonds is 8. The zero-order valence-corrected chi connectivity index (χ0v) is 14.6. The Hall–Kier alpha value is -2.19. The summed E-state index contributed by atoms with van der Waals surface area (Å²) in [5.41, 5.74) is 1.00. The highest BCUT2D eigenvalue weighted by atomic mass is 32.2. The van der Waals surface area contributed by atoms with Crippen LogP contribution in [0, 0.1) is 6.92 Å². The molecule has 130 valence electrons. The Kier molecular flexibility index (Phi) is 6.10. The summed E-state index contributed by atoms with van der Waals surface area (Å²) >= 11 is 0. The van der Waals surface area contributed by atoms with Crippen LogP contribution in [0.5, 0.6) is 0 Å². The van der Waals surface area contributed by atoms with E-state index >= 15 is 0 Å². The van der Waals surface area contributed by atoms with Crippen molar-refractivity contribution >= 4 is 15.9 Å². The van der Waals surface area contributed by atoms with Crippen LogP contribution in [-0.2, 0) is 14.8 Å². The van der Waals surface area contributed by atoms with Gasteiger partial charge in [-0.15, -0.1) is 0 Å². The average Bonchev–Trinajstić information content (AvgIpc) is 3.08. The largest absolute Gasteiger partial charge is 0.354 e. The first kappa shape index (κ1) is 18.2. The molecule has 0 saturated heterocycles. The predicted octanol–water partition coefficient (Wildman–Crippen LogP) is 1.24. The Labute approximate surface area is 142 Å². The van der Waals surface area contributed by atoms with Gasteiger partial charge in [0.05, 0.1) is 11.2 Å². The predicted molar refractivity (Wildman–Crippen MR) is 90.9 cm³/mol. The number of benzene rings is 1. The Bertz CT molecular complexity index is 755. The lowest BCUT2D eigenvalue weighted by atomic mass is 10.2. The molecule has 1 atom stereocenters. The number of carbonyl (C=O) groups excluding carboxylic acids is 1. The van der Waals surface area contributed by atoms with E-state index in [9.17, 15) is 13.2 Å². The number of aryl methyl sites for hydroxylation is 1. The second-order valence-electron chi connectivity index (χ2n) is 5.54. The third-order valence-corrected chi connectivity index (χ3v) is 5.10. The van der Waals surface area contributed by atoms with Crippen LogP contribution < -0.4 is 10.0 Å². The zero-order chi connectivity index (χ0) is 17.6. The van der Waals surface area contributed by atoms with E-state index in [1.54, 1.807) is 54.5 Å². The van der Waals surface area contributed by atoms with E-state index in [4.69, 9.17) is 0 Å². The number of imidazole rings is 1. The van der Waals surface area contributed by atoms with E-state index in [0.717, 1.165) is 5.56 Å². The van der Waals surface area contributed by atoms with Crippen molar-refractivity contribution in [1.82, 2.24) is 19.6 Å². The third kappa shape index (κ3) is 4.90. The smallest absolute Gasteiger partial charge is 0.242 e. The van der Waals surface area contributed by atoms with Gasteiger partial charge in [-0.25, -0.2) is 18.1 Å². The minimum atomic E-state index is -3.50. The van der Waals surface area contributed by atoms with Gasteiger partial charge in [0.1, 0.15) is 6.04 Å². The summed E-state index contributed by atoms with van der Waals surface area (Å²) in [6.07, 6.45) is 5.43. The highest BCUT2D eigenvalue weighted by molar-refractivity contribution is 7.89. The molecule has 1 aromatic heterocycles. The molecule has 7 nitrogen and oxygen atoms in total. The van der Waals surface area contributed by atoms with E-state index in [1.807, 2.05) is 6.92 Å². The van der Waals surface area contributed by atoms with Crippen molar-refractivity contribution in [2.24, 2.45) is 0 Å². The van der Waals surface area contributed by atoms with E-state index in [1.165, 1.54) is 0 Å². The van der Waals surface area contributed by atoms with Crippen LogP contribution in [0.2, 0.25) is 0 Å². The van der Waals surface area contributed by atoms with Crippen LogP contribution >= 0.6 is 0 Å². The number of amides is 1. The van der Waals surface area contributed by atoms with Gasteiger partial charge in [0.2, 0.25) is 15.9 Å². The molecule has 2 N–H and O–H groups in total. The molecule has 0 aliphatic carbocycles. The van der Waals surface area contributed by atoms with Gasteiger partial charge in [-0.1, -0.05) is 17.7 Å². The molecule has 0 fully saturated rings. The van der Waals surface area contributed by atoms with E-state index in [0.29, 0.717) is 13.0 Å². The topological polar surface area (TPSA) is 93.1 Å². The maximum absolute atomic E-state index is 12.1. The summed E-state index contributed by atoms with van der Waals surface area (Å²) in [5.74, 6) is -0.130. The van der Waals surface area contributed by atoms with Gasteiger partial charge in [0.15, 0.2) is 0 Å². The molecule has 0 aliphatic heterocycles. The number of hydrogen-bond acceptors (Lipinski definition) is 4. The first-order valence-electron chi connectivity index (χ1n) is 7.71. The monoisotopic (exact) mass is 350 g/mol. The van der Waals surface area contributed by atoms with Crippen molar-refractivity contribution < 1.29 is 13.2 Å². The molecule has 24 heavy (non-hydrogen) atoms. The van der Waals surface area contributed by atoms with Crippen LogP contribution in [-0.4, -0.2) is 37.0 Å². The van der Waals surface area contributed by atoms with Crippen molar-refractivity contribution in [1.29, 1.82) is 0 Å². The summed E-state index contributed by atoms with van der Waals surface area (Å²) in [7, 11) is -3.50. The van der Waals surface area contributed by atoms with Crippen LogP contribution in [0.25, 0.3) is 0 Å². The fourth-order valence-corrected chi connectivity index (χ4v) is 3.16. The summed E-state index contributed by atoms with van der Waals surface area (Å²) in [6, 6.07) is 6.31. The van der Waals surface area contributed by atoms with Gasteiger partial charge in [-0.2, -0.15) is 0 Å². The molecule has 0 aliphatic rings. The van der Waals surface area contributed by atoms with Crippen LogP contribution in [0.3, 0.4) is 0 Å². The quantitative estimate of drug-likeness (QED) is 0.701. The highest BCUT2D eigenvalue weighted by Gasteiger charge is 2.14. The van der Waals surface area contributed by atoms with E-state index in [2.05, 4.69) is 15.0 Å². The normalized spacial score (nSPS) is 12.8. The SMILES string of the molecule is Cc1ccc(S(=O)(=O)NCCCNC(=O)C(C)n2ccnc2)cc1. The van der Waals surface area contributed by atoms with Gasteiger partial charge in [0.25, 0.3) is 0 Å². The first-order chi connectivity index (χ1) is 11.4. The molecule has 2 rings (SSSR count). The van der Waals surface area contributed by atoms with E-state index < -0.39 is 10.0 Å². The average molecular weight is 350 g/mol. The Morgan fingerprint density at radius 2 is 1.96 bits per heavy atom. The lowest BCUT2D eigenvalue weighted by Crippen LogP contribution is -2.33. The fourth-order valence-electron chi connectivity index (χ4n) is 2.09. The minimum Gasteiger partial charge on any atom is -0.354 e. The summed E-state index contributed by atoms with van der Waals surface area (Å²) in [6.45, 7) is 4.33. The molecule has 2 aromatic rings. The number of hydrogen-bond donors (Lipinski definition) is 2. The number of carbonyl (C=O) groups is 1. The number of nitrogens with zero attached hydrogens (tertiary/aromatic N) is 2. The van der Waals surface area contributed by atoms with Crippen molar-refractivity contribution in [3.8, 4) is 0 Å². The Morgan fingerprint density at radius 1 is 1.25 bits per heavy atom. The molecular weight excluding hydrogens is 328 g/mol. The summed E-state index contributed by atoms with van der Waals surface area (Å²) in [4.78, 5) is 16.1. The van der Waals surface area contributed by atoms with Gasteiger partial charge in [-0.3, -0.25) is 4.79 Å². The second-order valence-corrected chi connectivity index (χ2v) is 7.31. The summed E-state index contributed by atoms with van der Waals surface area (Å²) in [5, 5.41) is 2.78. The fraction of sp³-hybridized carbons (Fsp3) is 0.375. The van der Waals surface area contributed by atoms with Crippen LogP contribution in [0.4, 0.5) is 0 Å². The van der Waals surface area contributed by atoms with Gasteiger partial charge in [-0.05, 0) is 32.4 Å². The first-order valence-corrected chi connectivity index (χ1v) is 9.20. The van der Waals surface area contributed by atoms with Gasteiger partial charge >= 0.3 is 0 Å². The number of aromatic nitrogens is 2. The minimum absolute atomic E-state index is 0.130. The van der Waals surface area contributed by atoms with Crippen molar-refractivity contribution in [2.45, 2.75) is 31.2 Å². The maximum Gasteiger partial charge on any atom is 0.242 e. The lowest BCUT2D eigenvalue weighted by molar-refractivity contribution is -0.123. The molecule has 0 bridgehead atoms. The van der Waals surface area contributed by atoms with Gasteiger partial charge in [0, 0.05) is 25.5 Å². The van der Waals surface area contributed by atoms with Gasteiger partial charge < -0.3 is 9.88 Å². The highest BCUT2D eigenvalue weighted by Crippen LogP contribution is 2.09. The third-order valence-electron chi connectivity index (χ3n) is 3.63. The lowest BCUT2D eigenvalue weighted by Gasteiger charge is -2.13. The number of sulfonamides is 1. The molecule has 1 heterocycles.